The lowest BCUT2D eigenvalue weighted by Crippen LogP contribution is -2.34. The molecule has 0 spiro atoms. The molecule has 0 bridgehead atoms. The van der Waals surface area contributed by atoms with Crippen molar-refractivity contribution in [3.05, 3.63) is 40.4 Å². The number of rotatable bonds is 7. The van der Waals surface area contributed by atoms with E-state index in [0.29, 0.717) is 5.92 Å². The molecule has 2 rings (SSSR count). The van der Waals surface area contributed by atoms with Crippen molar-refractivity contribution < 1.29 is 4.74 Å². The highest BCUT2D eigenvalue weighted by Crippen LogP contribution is 2.37. The van der Waals surface area contributed by atoms with E-state index in [-0.39, 0.29) is 5.41 Å². The van der Waals surface area contributed by atoms with Crippen LogP contribution in [0.1, 0.15) is 31.9 Å². The van der Waals surface area contributed by atoms with Gasteiger partial charge < -0.3 is 10.1 Å². The largest absolute Gasteiger partial charge is 0.493 e. The lowest BCUT2D eigenvalue weighted by atomic mass is 9.83. The number of fused-ring (bicyclic) bond motifs is 1. The van der Waals surface area contributed by atoms with Crippen LogP contribution in [0.5, 0.6) is 5.75 Å². The van der Waals surface area contributed by atoms with Crippen molar-refractivity contribution in [3.8, 4) is 5.75 Å². The van der Waals surface area contributed by atoms with Crippen LogP contribution in [-0.2, 0) is 12.8 Å². The Kier molecular flexibility index (Phi) is 5.50. The van der Waals surface area contributed by atoms with Crippen molar-refractivity contribution in [2.75, 3.05) is 19.7 Å². The maximum absolute atomic E-state index is 5.84. The zero-order valence-corrected chi connectivity index (χ0v) is 14.9. The molecule has 0 aliphatic carbocycles. The molecule has 0 saturated heterocycles. The highest BCUT2D eigenvalue weighted by Gasteiger charge is 2.25. The summed E-state index contributed by atoms with van der Waals surface area (Å²) in [7, 11) is 0. The maximum Gasteiger partial charge on any atom is 0.125 e. The van der Waals surface area contributed by atoms with Gasteiger partial charge in [-0.1, -0.05) is 42.8 Å². The van der Waals surface area contributed by atoms with Crippen LogP contribution in [0, 0.1) is 11.3 Å². The summed E-state index contributed by atoms with van der Waals surface area (Å²) in [6.45, 7) is 13.5. The van der Waals surface area contributed by atoms with E-state index in [2.05, 4.69) is 66.8 Å². The van der Waals surface area contributed by atoms with Crippen LogP contribution >= 0.6 is 15.9 Å². The highest BCUT2D eigenvalue weighted by atomic mass is 79.9. The van der Waals surface area contributed by atoms with Crippen LogP contribution in [0.3, 0.4) is 0 Å². The average molecular weight is 352 g/mol. The standard InChI is InChI=1S/C18H26BrNO/c1-5-18(4,12-20-11-13(2)3)10-15-9-16(19)8-14-6-7-21-17(14)15/h5,8-9,13,20H,1,6-7,10-12H2,2-4H3. The Bertz CT molecular complexity index is 512. The Morgan fingerprint density at radius 3 is 2.90 bits per heavy atom. The number of halogens is 1. The van der Waals surface area contributed by atoms with Crippen LogP contribution < -0.4 is 10.1 Å². The zero-order valence-electron chi connectivity index (χ0n) is 13.3. The molecule has 1 N–H and O–H groups in total. The van der Waals surface area contributed by atoms with Gasteiger partial charge in [0.2, 0.25) is 0 Å². The van der Waals surface area contributed by atoms with E-state index < -0.39 is 0 Å². The molecule has 0 radical (unpaired) electrons. The molecule has 21 heavy (non-hydrogen) atoms. The number of hydrogen-bond acceptors (Lipinski definition) is 2. The predicted molar refractivity (Wildman–Crippen MR) is 93.1 cm³/mol. The first-order valence-electron chi connectivity index (χ1n) is 7.72. The number of nitrogens with one attached hydrogen (secondary N) is 1. The fourth-order valence-electron chi connectivity index (χ4n) is 2.77. The second kappa shape index (κ2) is 6.97. The van der Waals surface area contributed by atoms with Crippen molar-refractivity contribution in [1.29, 1.82) is 0 Å². The van der Waals surface area contributed by atoms with E-state index in [9.17, 15) is 0 Å². The molecule has 116 valence electrons. The molecule has 1 aromatic rings. The lowest BCUT2D eigenvalue weighted by Gasteiger charge is -2.27. The third-order valence-electron chi connectivity index (χ3n) is 3.99. The Morgan fingerprint density at radius 2 is 2.24 bits per heavy atom. The summed E-state index contributed by atoms with van der Waals surface area (Å²) in [6.07, 6.45) is 4.03. The Morgan fingerprint density at radius 1 is 1.48 bits per heavy atom. The van der Waals surface area contributed by atoms with Crippen LogP contribution in [-0.4, -0.2) is 19.7 Å². The molecule has 1 aromatic carbocycles. The Labute approximate surface area is 137 Å². The molecular weight excluding hydrogens is 326 g/mol. The fourth-order valence-corrected chi connectivity index (χ4v) is 3.32. The second-order valence-corrected chi connectivity index (χ2v) is 7.63. The SMILES string of the molecule is C=CC(C)(CNCC(C)C)Cc1cc(Br)cc2c1OCC2. The summed E-state index contributed by atoms with van der Waals surface area (Å²) in [5, 5.41) is 3.56. The molecule has 0 amide bonds. The molecular formula is C18H26BrNO. The van der Waals surface area contributed by atoms with E-state index in [1.807, 2.05) is 0 Å². The van der Waals surface area contributed by atoms with Crippen molar-refractivity contribution in [1.82, 2.24) is 5.32 Å². The first-order chi connectivity index (χ1) is 9.93. The van der Waals surface area contributed by atoms with Gasteiger partial charge >= 0.3 is 0 Å². The quantitative estimate of drug-likeness (QED) is 0.736. The van der Waals surface area contributed by atoms with Gasteiger partial charge in [0.05, 0.1) is 6.61 Å². The van der Waals surface area contributed by atoms with Crippen LogP contribution in [0.2, 0.25) is 0 Å². The number of hydrogen-bond donors (Lipinski definition) is 1. The van der Waals surface area contributed by atoms with Crippen molar-refractivity contribution >= 4 is 15.9 Å². The van der Waals surface area contributed by atoms with E-state index in [1.165, 1.54) is 11.1 Å². The molecule has 3 heteroatoms. The minimum Gasteiger partial charge on any atom is -0.493 e. The van der Waals surface area contributed by atoms with Crippen LogP contribution in [0.15, 0.2) is 29.3 Å². The topological polar surface area (TPSA) is 21.3 Å². The van der Waals surface area contributed by atoms with Crippen molar-refractivity contribution in [2.45, 2.75) is 33.6 Å². The second-order valence-electron chi connectivity index (χ2n) is 6.71. The molecule has 0 saturated carbocycles. The minimum atomic E-state index is 0.0371. The third-order valence-corrected chi connectivity index (χ3v) is 4.45. The van der Waals surface area contributed by atoms with Crippen molar-refractivity contribution in [2.24, 2.45) is 11.3 Å². The molecule has 0 aromatic heterocycles. The fraction of sp³-hybridized carbons (Fsp3) is 0.556. The molecule has 1 unspecified atom stereocenters. The number of ether oxygens (including phenoxy) is 1. The summed E-state index contributed by atoms with van der Waals surface area (Å²) in [5.74, 6) is 1.76. The van der Waals surface area contributed by atoms with E-state index in [4.69, 9.17) is 4.74 Å². The van der Waals surface area contributed by atoms with E-state index >= 15 is 0 Å². The monoisotopic (exact) mass is 351 g/mol. The highest BCUT2D eigenvalue weighted by molar-refractivity contribution is 9.10. The van der Waals surface area contributed by atoms with Gasteiger partial charge in [0, 0.05) is 22.9 Å². The molecule has 1 atom stereocenters. The minimum absolute atomic E-state index is 0.0371. The first kappa shape index (κ1) is 16.6. The normalized spacial score (nSPS) is 16.4. The number of benzene rings is 1. The summed E-state index contributed by atoms with van der Waals surface area (Å²) < 4.78 is 6.98. The van der Waals surface area contributed by atoms with Crippen molar-refractivity contribution in [3.63, 3.8) is 0 Å². The summed E-state index contributed by atoms with van der Waals surface area (Å²) in [5.41, 5.74) is 2.64. The van der Waals surface area contributed by atoms with E-state index in [1.54, 1.807) is 0 Å². The molecule has 2 nitrogen and oxygen atoms in total. The van der Waals surface area contributed by atoms with Gasteiger partial charge in [0.15, 0.2) is 0 Å². The van der Waals surface area contributed by atoms with E-state index in [0.717, 1.165) is 42.8 Å². The summed E-state index contributed by atoms with van der Waals surface area (Å²) in [6, 6.07) is 4.36. The molecule has 1 heterocycles. The molecule has 1 aliphatic rings. The Balaban J connectivity index is 2.13. The average Bonchev–Trinajstić information content (AvgIpc) is 2.86. The summed E-state index contributed by atoms with van der Waals surface area (Å²) >= 11 is 3.62. The molecule has 1 aliphatic heterocycles. The van der Waals surface area contributed by atoms with Gasteiger partial charge in [-0.05, 0) is 42.1 Å². The first-order valence-corrected chi connectivity index (χ1v) is 8.51. The van der Waals surface area contributed by atoms with Gasteiger partial charge in [0.1, 0.15) is 5.75 Å². The van der Waals surface area contributed by atoms with Gasteiger partial charge in [-0.15, -0.1) is 6.58 Å². The van der Waals surface area contributed by atoms with Crippen LogP contribution in [0.4, 0.5) is 0 Å². The smallest absolute Gasteiger partial charge is 0.125 e. The van der Waals surface area contributed by atoms with Gasteiger partial charge in [-0.2, -0.15) is 0 Å². The molecule has 0 fully saturated rings. The predicted octanol–water partition coefficient (Wildman–Crippen LogP) is 4.36. The maximum atomic E-state index is 5.84. The summed E-state index contributed by atoms with van der Waals surface area (Å²) in [4.78, 5) is 0. The lowest BCUT2D eigenvalue weighted by molar-refractivity contribution is 0.339. The van der Waals surface area contributed by atoms with Crippen LogP contribution in [0.25, 0.3) is 0 Å². The van der Waals surface area contributed by atoms with Gasteiger partial charge in [0.25, 0.3) is 0 Å². The van der Waals surface area contributed by atoms with Gasteiger partial charge in [-0.3, -0.25) is 0 Å². The Hall–Kier alpha value is -0.800. The van der Waals surface area contributed by atoms with Gasteiger partial charge in [-0.25, -0.2) is 0 Å². The third kappa shape index (κ3) is 4.33. The zero-order chi connectivity index (χ0) is 15.5.